The third-order valence-corrected chi connectivity index (χ3v) is 3.52. The number of benzene rings is 1. The highest BCUT2D eigenvalue weighted by Gasteiger charge is 2.16. The molecule has 1 unspecified atom stereocenters. The fourth-order valence-electron chi connectivity index (χ4n) is 2.65. The molecule has 0 saturated carbocycles. The highest BCUT2D eigenvalue weighted by Crippen LogP contribution is 2.18. The first-order chi connectivity index (χ1) is 8.29. The van der Waals surface area contributed by atoms with Crippen LogP contribution in [0.4, 0.5) is 0 Å². The van der Waals surface area contributed by atoms with Crippen LogP contribution in [0.2, 0.25) is 0 Å². The maximum absolute atomic E-state index is 9.90. The molecule has 1 aliphatic rings. The van der Waals surface area contributed by atoms with Gasteiger partial charge in [0.25, 0.3) is 0 Å². The molecule has 2 heteroatoms. The molecule has 0 bridgehead atoms. The third kappa shape index (κ3) is 3.55. The van der Waals surface area contributed by atoms with Crippen LogP contribution in [-0.4, -0.2) is 29.2 Å². The van der Waals surface area contributed by atoms with Gasteiger partial charge in [0, 0.05) is 13.1 Å². The summed E-state index contributed by atoms with van der Waals surface area (Å²) in [5.74, 6) is 0. The summed E-state index contributed by atoms with van der Waals surface area (Å²) in [6, 6.07) is 8.70. The molecule has 94 valence electrons. The summed E-state index contributed by atoms with van der Waals surface area (Å²) >= 11 is 0. The van der Waals surface area contributed by atoms with Crippen molar-refractivity contribution in [3.8, 4) is 0 Å². The molecule has 0 aromatic heterocycles. The van der Waals surface area contributed by atoms with E-state index in [0.717, 1.165) is 32.5 Å². The predicted octanol–water partition coefficient (Wildman–Crippen LogP) is 2.60. The largest absolute Gasteiger partial charge is 0.392 e. The van der Waals surface area contributed by atoms with E-state index in [9.17, 15) is 5.11 Å². The van der Waals surface area contributed by atoms with E-state index in [-0.39, 0.29) is 6.10 Å². The first-order valence-corrected chi connectivity index (χ1v) is 6.76. The number of aliphatic hydroxyl groups is 1. The van der Waals surface area contributed by atoms with Gasteiger partial charge in [0.05, 0.1) is 6.10 Å². The summed E-state index contributed by atoms with van der Waals surface area (Å²) < 4.78 is 0. The lowest BCUT2D eigenvalue weighted by Crippen LogP contribution is -2.32. The average molecular weight is 233 g/mol. The van der Waals surface area contributed by atoms with Gasteiger partial charge in [0.15, 0.2) is 0 Å². The van der Waals surface area contributed by atoms with Crippen molar-refractivity contribution in [2.24, 2.45) is 0 Å². The highest BCUT2D eigenvalue weighted by atomic mass is 16.3. The molecule has 1 atom stereocenters. The van der Waals surface area contributed by atoms with E-state index in [1.54, 1.807) is 0 Å². The van der Waals surface area contributed by atoms with Crippen LogP contribution >= 0.6 is 0 Å². The molecule has 1 N–H and O–H groups in total. The molecule has 1 aliphatic heterocycles. The van der Waals surface area contributed by atoms with E-state index in [4.69, 9.17) is 0 Å². The van der Waals surface area contributed by atoms with Gasteiger partial charge in [-0.15, -0.1) is 0 Å². The Bertz CT molecular complexity index is 351. The number of nitrogens with zero attached hydrogens (tertiary/aromatic N) is 1. The molecule has 1 heterocycles. The zero-order valence-electron chi connectivity index (χ0n) is 10.7. The van der Waals surface area contributed by atoms with Crippen LogP contribution < -0.4 is 0 Å². The maximum Gasteiger partial charge on any atom is 0.0667 e. The number of hydrogen-bond acceptors (Lipinski definition) is 2. The first kappa shape index (κ1) is 12.6. The molecular weight excluding hydrogens is 210 g/mol. The van der Waals surface area contributed by atoms with Crippen LogP contribution in [0.5, 0.6) is 0 Å². The number of rotatable bonds is 4. The Morgan fingerprint density at radius 1 is 1.29 bits per heavy atom. The number of hydrogen-bond donors (Lipinski definition) is 1. The lowest BCUT2D eigenvalue weighted by Gasteiger charge is -2.23. The maximum atomic E-state index is 9.90. The van der Waals surface area contributed by atoms with E-state index in [2.05, 4.69) is 36.1 Å². The van der Waals surface area contributed by atoms with Gasteiger partial charge in [-0.3, -0.25) is 4.90 Å². The summed E-state index contributed by atoms with van der Waals surface area (Å²) in [5.41, 5.74) is 2.92. The zero-order valence-corrected chi connectivity index (χ0v) is 10.7. The van der Waals surface area contributed by atoms with E-state index in [1.165, 1.54) is 24.0 Å². The van der Waals surface area contributed by atoms with E-state index < -0.39 is 0 Å². The summed E-state index contributed by atoms with van der Waals surface area (Å²) in [6.45, 7) is 5.05. The summed E-state index contributed by atoms with van der Waals surface area (Å²) in [5, 5.41) is 9.90. The minimum absolute atomic E-state index is 0.162. The topological polar surface area (TPSA) is 23.5 Å². The normalized spacial score (nSPS) is 18.5. The van der Waals surface area contributed by atoms with Crippen molar-refractivity contribution in [1.82, 2.24) is 4.90 Å². The number of fused-ring (bicyclic) bond motifs is 1. The van der Waals surface area contributed by atoms with Crippen LogP contribution in [-0.2, 0) is 13.0 Å². The van der Waals surface area contributed by atoms with Crippen molar-refractivity contribution in [2.75, 3.05) is 13.1 Å². The first-order valence-electron chi connectivity index (χ1n) is 6.76. The third-order valence-electron chi connectivity index (χ3n) is 3.52. The fourth-order valence-corrected chi connectivity index (χ4v) is 2.65. The smallest absolute Gasteiger partial charge is 0.0667 e. The molecule has 2 nitrogen and oxygen atoms in total. The summed E-state index contributed by atoms with van der Waals surface area (Å²) in [4.78, 5) is 2.40. The van der Waals surface area contributed by atoms with Crippen LogP contribution in [0.1, 0.15) is 37.3 Å². The summed E-state index contributed by atoms with van der Waals surface area (Å²) in [6.07, 6.45) is 4.20. The van der Waals surface area contributed by atoms with Crippen molar-refractivity contribution in [3.63, 3.8) is 0 Å². The van der Waals surface area contributed by atoms with Crippen molar-refractivity contribution >= 4 is 0 Å². The van der Waals surface area contributed by atoms with Crippen LogP contribution in [0, 0.1) is 0 Å². The lowest BCUT2D eigenvalue weighted by molar-refractivity contribution is 0.102. The fraction of sp³-hybridized carbons (Fsp3) is 0.600. The average Bonchev–Trinajstić information content (AvgIpc) is 2.50. The lowest BCUT2D eigenvalue weighted by atomic mass is 10.0. The Kier molecular flexibility index (Phi) is 4.57. The molecule has 0 spiro atoms. The standard InChI is InChI=1S/C15H23NO/c1-2-6-15(17)12-16-10-5-9-13-7-3-4-8-14(13)11-16/h3-4,7-8,15,17H,2,5-6,9-12H2,1H3. The van der Waals surface area contributed by atoms with Gasteiger partial charge in [-0.05, 0) is 36.9 Å². The van der Waals surface area contributed by atoms with E-state index in [0.29, 0.717) is 0 Å². The monoisotopic (exact) mass is 233 g/mol. The van der Waals surface area contributed by atoms with E-state index >= 15 is 0 Å². The zero-order chi connectivity index (χ0) is 12.1. The molecule has 1 aromatic rings. The van der Waals surface area contributed by atoms with Gasteiger partial charge in [-0.25, -0.2) is 0 Å². The molecular formula is C15H23NO. The number of aliphatic hydroxyl groups excluding tert-OH is 1. The minimum atomic E-state index is -0.162. The van der Waals surface area contributed by atoms with Gasteiger partial charge in [0.1, 0.15) is 0 Å². The second kappa shape index (κ2) is 6.18. The molecule has 17 heavy (non-hydrogen) atoms. The second-order valence-corrected chi connectivity index (χ2v) is 5.05. The van der Waals surface area contributed by atoms with Crippen LogP contribution in [0.25, 0.3) is 0 Å². The molecule has 1 aromatic carbocycles. The molecule has 2 rings (SSSR count). The highest BCUT2D eigenvalue weighted by molar-refractivity contribution is 5.27. The van der Waals surface area contributed by atoms with E-state index in [1.807, 2.05) is 0 Å². The Morgan fingerprint density at radius 3 is 2.82 bits per heavy atom. The molecule has 0 amide bonds. The Labute approximate surface area is 104 Å². The van der Waals surface area contributed by atoms with Crippen LogP contribution in [0.15, 0.2) is 24.3 Å². The predicted molar refractivity (Wildman–Crippen MR) is 71.0 cm³/mol. The molecule has 0 radical (unpaired) electrons. The Hall–Kier alpha value is -0.860. The SMILES string of the molecule is CCCC(O)CN1CCCc2ccccc2C1. The molecule has 0 saturated heterocycles. The molecule has 0 fully saturated rings. The Balaban J connectivity index is 1.98. The quantitative estimate of drug-likeness (QED) is 0.864. The second-order valence-electron chi connectivity index (χ2n) is 5.05. The van der Waals surface area contributed by atoms with Crippen molar-refractivity contribution in [2.45, 2.75) is 45.3 Å². The molecule has 0 aliphatic carbocycles. The Morgan fingerprint density at radius 2 is 2.06 bits per heavy atom. The summed E-state index contributed by atoms with van der Waals surface area (Å²) in [7, 11) is 0. The van der Waals surface area contributed by atoms with Gasteiger partial charge in [0.2, 0.25) is 0 Å². The number of β-amino-alcohol motifs (C(OH)–C–C–N with tert-alkyl or cyclic N) is 1. The van der Waals surface area contributed by atoms with Crippen molar-refractivity contribution < 1.29 is 5.11 Å². The van der Waals surface area contributed by atoms with Crippen molar-refractivity contribution in [1.29, 1.82) is 0 Å². The van der Waals surface area contributed by atoms with Gasteiger partial charge >= 0.3 is 0 Å². The van der Waals surface area contributed by atoms with Crippen LogP contribution in [0.3, 0.4) is 0 Å². The minimum Gasteiger partial charge on any atom is -0.392 e. The van der Waals surface area contributed by atoms with Gasteiger partial charge < -0.3 is 5.11 Å². The number of aryl methyl sites for hydroxylation is 1. The van der Waals surface area contributed by atoms with Crippen molar-refractivity contribution in [3.05, 3.63) is 35.4 Å². The van der Waals surface area contributed by atoms with Gasteiger partial charge in [-0.1, -0.05) is 37.6 Å². The van der Waals surface area contributed by atoms with Gasteiger partial charge in [-0.2, -0.15) is 0 Å².